The summed E-state index contributed by atoms with van der Waals surface area (Å²) in [6, 6.07) is 24.0. The number of carbonyl (C=O) groups is 1. The molecule has 0 aliphatic carbocycles. The summed E-state index contributed by atoms with van der Waals surface area (Å²) in [5, 5.41) is 3.96. The van der Waals surface area contributed by atoms with Crippen molar-refractivity contribution in [1.29, 1.82) is 0 Å². The van der Waals surface area contributed by atoms with E-state index in [4.69, 9.17) is 0 Å². The lowest BCUT2D eigenvalue weighted by atomic mass is 10.2. The number of fused-ring (bicyclic) bond motifs is 2. The molecule has 0 saturated carbocycles. The fraction of sp³-hybridized carbons (Fsp3) is 0.0833. The molecule has 0 aliphatic heterocycles. The van der Waals surface area contributed by atoms with Crippen LogP contribution in [0.3, 0.4) is 0 Å². The number of amides is 1. The Morgan fingerprint density at radius 2 is 1.66 bits per heavy atom. The van der Waals surface area contributed by atoms with Crippen LogP contribution in [0.25, 0.3) is 21.1 Å². The van der Waals surface area contributed by atoms with Gasteiger partial charge in [-0.25, -0.2) is 13.4 Å². The van der Waals surface area contributed by atoms with Gasteiger partial charge < -0.3 is 9.88 Å². The second-order valence-corrected chi connectivity index (χ2v) is 10.4. The van der Waals surface area contributed by atoms with E-state index >= 15 is 0 Å². The maximum Gasteiger partial charge on any atom is 0.246 e. The summed E-state index contributed by atoms with van der Waals surface area (Å²) in [4.78, 5) is 17.4. The second kappa shape index (κ2) is 8.22. The standard InChI is InChI=1S/C24H19N3O3S2/c28-23(26-24-25-19-11-5-7-13-21(19)31-24)15-27-14-22(18-10-4-6-12-20(18)27)32(29,30)16-17-8-2-1-3-9-17/h1-14H,15-16H2,(H,25,26,28). The molecule has 2 aromatic heterocycles. The van der Waals surface area contributed by atoms with Crippen LogP contribution in [0.5, 0.6) is 0 Å². The van der Waals surface area contributed by atoms with Crippen molar-refractivity contribution in [2.75, 3.05) is 5.32 Å². The smallest absolute Gasteiger partial charge is 0.246 e. The summed E-state index contributed by atoms with van der Waals surface area (Å²) >= 11 is 1.40. The van der Waals surface area contributed by atoms with Crippen LogP contribution < -0.4 is 5.32 Å². The lowest BCUT2D eigenvalue weighted by Gasteiger charge is -2.05. The molecule has 5 rings (SSSR count). The Kier molecular flexibility index (Phi) is 5.24. The predicted octanol–water partition coefficient (Wildman–Crippen LogP) is 4.86. The molecule has 160 valence electrons. The maximum atomic E-state index is 13.2. The van der Waals surface area contributed by atoms with Crippen molar-refractivity contribution < 1.29 is 13.2 Å². The van der Waals surface area contributed by atoms with E-state index in [1.807, 2.05) is 54.6 Å². The van der Waals surface area contributed by atoms with Crippen molar-refractivity contribution in [1.82, 2.24) is 9.55 Å². The van der Waals surface area contributed by atoms with E-state index in [1.54, 1.807) is 35.0 Å². The summed E-state index contributed by atoms with van der Waals surface area (Å²) in [7, 11) is -3.59. The van der Waals surface area contributed by atoms with E-state index in [1.165, 1.54) is 11.3 Å². The second-order valence-electron chi connectivity index (χ2n) is 7.42. The zero-order valence-corrected chi connectivity index (χ0v) is 18.6. The molecule has 32 heavy (non-hydrogen) atoms. The highest BCUT2D eigenvalue weighted by Gasteiger charge is 2.22. The molecule has 2 heterocycles. The van der Waals surface area contributed by atoms with Crippen molar-refractivity contribution in [2.24, 2.45) is 0 Å². The molecule has 0 saturated heterocycles. The Labute approximate surface area is 189 Å². The number of anilines is 1. The Bertz CT molecular complexity index is 1500. The third-order valence-electron chi connectivity index (χ3n) is 5.14. The Balaban J connectivity index is 1.43. The van der Waals surface area contributed by atoms with Crippen LogP contribution in [0, 0.1) is 0 Å². The van der Waals surface area contributed by atoms with Crippen molar-refractivity contribution in [3.8, 4) is 0 Å². The Hall–Kier alpha value is -3.49. The molecule has 0 radical (unpaired) electrons. The molecule has 1 amide bonds. The number of nitrogens with zero attached hydrogens (tertiary/aromatic N) is 2. The number of nitrogens with one attached hydrogen (secondary N) is 1. The number of sulfone groups is 1. The van der Waals surface area contributed by atoms with Crippen LogP contribution in [0.4, 0.5) is 5.13 Å². The van der Waals surface area contributed by atoms with E-state index in [-0.39, 0.29) is 23.1 Å². The molecule has 0 fully saturated rings. The molecule has 6 nitrogen and oxygen atoms in total. The topological polar surface area (TPSA) is 81.1 Å². The van der Waals surface area contributed by atoms with Gasteiger partial charge in [0, 0.05) is 17.1 Å². The molecule has 0 spiro atoms. The van der Waals surface area contributed by atoms with Crippen LogP contribution in [0.15, 0.2) is 90.0 Å². The number of rotatable bonds is 6. The minimum atomic E-state index is -3.59. The van der Waals surface area contributed by atoms with Gasteiger partial charge in [-0.05, 0) is 23.8 Å². The van der Waals surface area contributed by atoms with Crippen molar-refractivity contribution in [2.45, 2.75) is 17.2 Å². The quantitative estimate of drug-likeness (QED) is 0.391. The van der Waals surface area contributed by atoms with Crippen molar-refractivity contribution in [3.63, 3.8) is 0 Å². The molecule has 5 aromatic rings. The summed E-state index contributed by atoms with van der Waals surface area (Å²) in [6.45, 7) is -0.0166. The van der Waals surface area contributed by atoms with Crippen LogP contribution >= 0.6 is 11.3 Å². The first-order chi connectivity index (χ1) is 15.5. The van der Waals surface area contributed by atoms with Crippen LogP contribution in [-0.2, 0) is 26.9 Å². The molecule has 1 N–H and O–H groups in total. The number of para-hydroxylation sites is 2. The monoisotopic (exact) mass is 461 g/mol. The summed E-state index contributed by atoms with van der Waals surface area (Å²) in [5.74, 6) is -0.364. The van der Waals surface area contributed by atoms with E-state index in [2.05, 4.69) is 10.3 Å². The fourth-order valence-electron chi connectivity index (χ4n) is 3.70. The zero-order chi connectivity index (χ0) is 22.1. The van der Waals surface area contributed by atoms with Crippen molar-refractivity contribution >= 4 is 53.3 Å². The Morgan fingerprint density at radius 1 is 0.938 bits per heavy atom. The van der Waals surface area contributed by atoms with E-state index in [0.717, 1.165) is 15.8 Å². The molecule has 0 atom stereocenters. The van der Waals surface area contributed by atoms with Gasteiger partial charge in [0.25, 0.3) is 0 Å². The normalized spacial score (nSPS) is 11.8. The minimum absolute atomic E-state index is 0.0166. The van der Waals surface area contributed by atoms with Gasteiger partial charge >= 0.3 is 0 Å². The lowest BCUT2D eigenvalue weighted by molar-refractivity contribution is -0.116. The van der Waals surface area contributed by atoms with Gasteiger partial charge in [-0.15, -0.1) is 0 Å². The van der Waals surface area contributed by atoms with Crippen LogP contribution in [-0.4, -0.2) is 23.9 Å². The molecule has 3 aromatic carbocycles. The average molecular weight is 462 g/mol. The molecule has 0 aliphatic rings. The summed E-state index contributed by atoms with van der Waals surface area (Å²) < 4.78 is 29.0. The van der Waals surface area contributed by atoms with E-state index in [0.29, 0.717) is 16.0 Å². The SMILES string of the molecule is O=C(Cn1cc(S(=O)(=O)Cc2ccccc2)c2ccccc21)Nc1nc2ccccc2s1. The van der Waals surface area contributed by atoms with Gasteiger partial charge in [-0.1, -0.05) is 72.0 Å². The molecular weight excluding hydrogens is 442 g/mol. The van der Waals surface area contributed by atoms with Crippen LogP contribution in [0.2, 0.25) is 0 Å². The highest BCUT2D eigenvalue weighted by molar-refractivity contribution is 7.90. The minimum Gasteiger partial charge on any atom is -0.337 e. The third-order valence-corrected chi connectivity index (χ3v) is 7.80. The summed E-state index contributed by atoms with van der Waals surface area (Å²) in [6.07, 6.45) is 1.56. The highest BCUT2D eigenvalue weighted by atomic mass is 32.2. The first-order valence-electron chi connectivity index (χ1n) is 9.99. The highest BCUT2D eigenvalue weighted by Crippen LogP contribution is 2.29. The molecule has 0 bridgehead atoms. The molecule has 8 heteroatoms. The maximum absolute atomic E-state index is 13.2. The average Bonchev–Trinajstić information content (AvgIpc) is 3.35. The number of hydrogen-bond donors (Lipinski definition) is 1. The van der Waals surface area contributed by atoms with E-state index in [9.17, 15) is 13.2 Å². The number of thiazole rings is 1. The molecular formula is C24H19N3O3S2. The number of aromatic nitrogens is 2. The van der Waals surface area contributed by atoms with Gasteiger partial charge in [-0.3, -0.25) is 4.79 Å². The Morgan fingerprint density at radius 3 is 2.47 bits per heavy atom. The zero-order valence-electron chi connectivity index (χ0n) is 16.9. The fourth-order valence-corrected chi connectivity index (χ4v) is 6.17. The van der Waals surface area contributed by atoms with Gasteiger partial charge in [0.2, 0.25) is 5.91 Å². The van der Waals surface area contributed by atoms with Gasteiger partial charge in [0.1, 0.15) is 6.54 Å². The van der Waals surface area contributed by atoms with Gasteiger partial charge in [0.05, 0.1) is 20.9 Å². The number of benzene rings is 3. The van der Waals surface area contributed by atoms with Gasteiger partial charge in [0.15, 0.2) is 15.0 Å². The number of carbonyl (C=O) groups excluding carboxylic acids is 1. The summed E-state index contributed by atoms with van der Waals surface area (Å²) in [5.41, 5.74) is 2.24. The number of hydrogen-bond acceptors (Lipinski definition) is 5. The van der Waals surface area contributed by atoms with Crippen LogP contribution in [0.1, 0.15) is 5.56 Å². The van der Waals surface area contributed by atoms with Crippen molar-refractivity contribution in [3.05, 3.63) is 90.6 Å². The first-order valence-corrected chi connectivity index (χ1v) is 12.5. The molecule has 0 unspecified atom stereocenters. The third kappa shape index (κ3) is 4.02. The lowest BCUT2D eigenvalue weighted by Crippen LogP contribution is -2.18. The van der Waals surface area contributed by atoms with E-state index < -0.39 is 9.84 Å². The van der Waals surface area contributed by atoms with Gasteiger partial charge in [-0.2, -0.15) is 0 Å². The predicted molar refractivity (Wildman–Crippen MR) is 128 cm³/mol. The largest absolute Gasteiger partial charge is 0.337 e. The first kappa shape index (κ1) is 20.4.